The zero-order chi connectivity index (χ0) is 18.5. The minimum absolute atomic E-state index is 0.232. The van der Waals surface area contributed by atoms with Gasteiger partial charge >= 0.3 is 0 Å². The van der Waals surface area contributed by atoms with E-state index in [0.29, 0.717) is 36.4 Å². The van der Waals surface area contributed by atoms with Crippen molar-refractivity contribution in [2.75, 3.05) is 20.3 Å². The third-order valence-electron chi connectivity index (χ3n) is 4.53. The van der Waals surface area contributed by atoms with E-state index >= 15 is 0 Å². The normalized spacial score (nSPS) is 14.8. The first-order chi connectivity index (χ1) is 12.6. The van der Waals surface area contributed by atoms with Gasteiger partial charge in [0.2, 0.25) is 0 Å². The first-order valence-electron chi connectivity index (χ1n) is 9.04. The van der Waals surface area contributed by atoms with Gasteiger partial charge in [-0.15, -0.1) is 0 Å². The molecule has 1 atom stereocenters. The third kappa shape index (κ3) is 4.43. The second-order valence-electron chi connectivity index (χ2n) is 6.83. The van der Waals surface area contributed by atoms with Crippen LogP contribution < -0.4 is 19.5 Å². The number of fused-ring (bicyclic) bond motifs is 1. The summed E-state index contributed by atoms with van der Waals surface area (Å²) in [5.41, 5.74) is 2.32. The molecule has 5 heteroatoms. The molecule has 0 radical (unpaired) electrons. The topological polar surface area (TPSA) is 39.7 Å². The molecule has 1 heterocycles. The molecule has 1 N–H and O–H groups in total. The van der Waals surface area contributed by atoms with E-state index in [1.165, 1.54) is 5.56 Å². The summed E-state index contributed by atoms with van der Waals surface area (Å²) in [5.74, 6) is 2.70. The van der Waals surface area contributed by atoms with Crippen LogP contribution in [0, 0.1) is 5.92 Å². The fourth-order valence-corrected chi connectivity index (χ4v) is 3.45. The monoisotopic (exact) mass is 375 g/mol. The van der Waals surface area contributed by atoms with Gasteiger partial charge in [-0.2, -0.15) is 0 Å². The molecule has 0 fully saturated rings. The van der Waals surface area contributed by atoms with Crippen molar-refractivity contribution >= 4 is 11.6 Å². The minimum atomic E-state index is 0.232. The molecular formula is C21H26ClNO3. The van der Waals surface area contributed by atoms with E-state index in [2.05, 4.69) is 31.3 Å². The molecule has 3 rings (SSSR count). The molecule has 2 aromatic rings. The molecule has 26 heavy (non-hydrogen) atoms. The lowest BCUT2D eigenvalue weighted by Crippen LogP contribution is -2.25. The SMILES string of the molecule is COc1ccc(C(NCc2cc(Cl)c3c(c2)OCCCO3)C(C)C)cc1. The van der Waals surface area contributed by atoms with Crippen LogP contribution in [0.15, 0.2) is 36.4 Å². The lowest BCUT2D eigenvalue weighted by atomic mass is 9.95. The van der Waals surface area contributed by atoms with Gasteiger partial charge < -0.3 is 19.5 Å². The van der Waals surface area contributed by atoms with Crippen LogP contribution in [-0.4, -0.2) is 20.3 Å². The van der Waals surface area contributed by atoms with Crippen LogP contribution in [0.25, 0.3) is 0 Å². The molecule has 2 aromatic carbocycles. The number of nitrogens with one attached hydrogen (secondary N) is 1. The molecule has 0 aliphatic carbocycles. The number of rotatable bonds is 6. The largest absolute Gasteiger partial charge is 0.497 e. The van der Waals surface area contributed by atoms with Gasteiger partial charge in [0.1, 0.15) is 5.75 Å². The van der Waals surface area contributed by atoms with E-state index in [-0.39, 0.29) is 6.04 Å². The van der Waals surface area contributed by atoms with E-state index in [4.69, 9.17) is 25.8 Å². The molecule has 0 saturated carbocycles. The summed E-state index contributed by atoms with van der Waals surface area (Å²) < 4.78 is 16.7. The zero-order valence-corrected chi connectivity index (χ0v) is 16.3. The summed E-state index contributed by atoms with van der Waals surface area (Å²) in [5, 5.41) is 4.25. The van der Waals surface area contributed by atoms with Crippen molar-refractivity contribution in [2.45, 2.75) is 32.9 Å². The standard InChI is InChI=1S/C21H26ClNO3/c1-14(2)20(16-5-7-17(24-3)8-6-16)23-13-15-11-18(22)21-19(12-15)25-9-4-10-26-21/h5-8,11-12,14,20,23H,4,9-10,13H2,1-3H3. The number of halogens is 1. The number of benzene rings is 2. The Kier molecular flexibility index (Phi) is 6.28. The van der Waals surface area contributed by atoms with E-state index in [1.807, 2.05) is 24.3 Å². The highest BCUT2D eigenvalue weighted by atomic mass is 35.5. The Labute approximate surface area is 160 Å². The summed E-state index contributed by atoms with van der Waals surface area (Å²) in [4.78, 5) is 0. The Morgan fingerprint density at radius 1 is 1.12 bits per heavy atom. The van der Waals surface area contributed by atoms with Crippen LogP contribution in [0.2, 0.25) is 5.02 Å². The van der Waals surface area contributed by atoms with Crippen molar-refractivity contribution in [2.24, 2.45) is 5.92 Å². The maximum atomic E-state index is 6.40. The van der Waals surface area contributed by atoms with Gasteiger partial charge in [-0.1, -0.05) is 37.6 Å². The van der Waals surface area contributed by atoms with Gasteiger partial charge in [-0.05, 0) is 41.3 Å². The van der Waals surface area contributed by atoms with Gasteiger partial charge in [0.05, 0.1) is 25.3 Å². The molecule has 4 nitrogen and oxygen atoms in total. The molecule has 1 unspecified atom stereocenters. The first kappa shape index (κ1) is 18.9. The average molecular weight is 376 g/mol. The third-order valence-corrected chi connectivity index (χ3v) is 4.81. The molecule has 140 valence electrons. The van der Waals surface area contributed by atoms with Crippen LogP contribution >= 0.6 is 11.6 Å². The lowest BCUT2D eigenvalue weighted by Gasteiger charge is -2.23. The van der Waals surface area contributed by atoms with Crippen molar-refractivity contribution in [1.29, 1.82) is 0 Å². The summed E-state index contributed by atoms with van der Waals surface area (Å²) in [6.45, 7) is 6.41. The molecule has 0 bridgehead atoms. The summed E-state index contributed by atoms with van der Waals surface area (Å²) in [6.07, 6.45) is 0.867. The van der Waals surface area contributed by atoms with Crippen LogP contribution in [0.4, 0.5) is 0 Å². The lowest BCUT2D eigenvalue weighted by molar-refractivity contribution is 0.297. The predicted molar refractivity (Wildman–Crippen MR) is 104 cm³/mol. The Hall–Kier alpha value is -1.91. The zero-order valence-electron chi connectivity index (χ0n) is 15.5. The van der Waals surface area contributed by atoms with E-state index in [0.717, 1.165) is 23.5 Å². The van der Waals surface area contributed by atoms with Crippen LogP contribution in [0.5, 0.6) is 17.2 Å². The highest BCUT2D eigenvalue weighted by Gasteiger charge is 2.18. The van der Waals surface area contributed by atoms with Crippen LogP contribution in [0.1, 0.15) is 37.4 Å². The fourth-order valence-electron chi connectivity index (χ4n) is 3.16. The van der Waals surface area contributed by atoms with Crippen molar-refractivity contribution in [3.05, 3.63) is 52.5 Å². The molecule has 0 aromatic heterocycles. The summed E-state index contributed by atoms with van der Waals surface area (Å²) in [7, 11) is 1.68. The Balaban J connectivity index is 1.75. The number of ether oxygens (including phenoxy) is 3. The maximum Gasteiger partial charge on any atom is 0.179 e. The second kappa shape index (κ2) is 8.65. The van der Waals surface area contributed by atoms with Gasteiger partial charge in [-0.25, -0.2) is 0 Å². The number of methoxy groups -OCH3 is 1. The van der Waals surface area contributed by atoms with E-state index < -0.39 is 0 Å². The van der Waals surface area contributed by atoms with Crippen molar-refractivity contribution in [3.63, 3.8) is 0 Å². The van der Waals surface area contributed by atoms with Crippen molar-refractivity contribution in [3.8, 4) is 17.2 Å². The molecule has 0 amide bonds. The molecule has 0 spiro atoms. The molecular weight excluding hydrogens is 350 g/mol. The van der Waals surface area contributed by atoms with Crippen LogP contribution in [-0.2, 0) is 6.54 Å². The highest BCUT2D eigenvalue weighted by Crippen LogP contribution is 2.38. The van der Waals surface area contributed by atoms with Crippen LogP contribution in [0.3, 0.4) is 0 Å². The summed E-state index contributed by atoms with van der Waals surface area (Å²) >= 11 is 6.40. The van der Waals surface area contributed by atoms with Gasteiger partial charge in [0, 0.05) is 19.0 Å². The van der Waals surface area contributed by atoms with Crippen molar-refractivity contribution < 1.29 is 14.2 Å². The molecule has 1 aliphatic rings. The first-order valence-corrected chi connectivity index (χ1v) is 9.41. The molecule has 1 aliphatic heterocycles. The van der Waals surface area contributed by atoms with E-state index in [9.17, 15) is 0 Å². The average Bonchev–Trinajstić information content (AvgIpc) is 2.88. The Morgan fingerprint density at radius 2 is 1.85 bits per heavy atom. The second-order valence-corrected chi connectivity index (χ2v) is 7.24. The Bertz CT molecular complexity index is 731. The minimum Gasteiger partial charge on any atom is -0.497 e. The van der Waals surface area contributed by atoms with Gasteiger partial charge in [0.15, 0.2) is 11.5 Å². The van der Waals surface area contributed by atoms with Crippen molar-refractivity contribution in [1.82, 2.24) is 5.32 Å². The smallest absolute Gasteiger partial charge is 0.179 e. The predicted octanol–water partition coefficient (Wildman–Crippen LogP) is 5.00. The maximum absolute atomic E-state index is 6.40. The Morgan fingerprint density at radius 3 is 2.54 bits per heavy atom. The molecule has 0 saturated heterocycles. The number of hydrogen-bond donors (Lipinski definition) is 1. The highest BCUT2D eigenvalue weighted by molar-refractivity contribution is 6.32. The summed E-state index contributed by atoms with van der Waals surface area (Å²) in [6, 6.07) is 12.4. The van der Waals surface area contributed by atoms with Gasteiger partial charge in [0.25, 0.3) is 0 Å². The van der Waals surface area contributed by atoms with E-state index in [1.54, 1.807) is 7.11 Å². The number of hydrogen-bond acceptors (Lipinski definition) is 4. The fraction of sp³-hybridized carbons (Fsp3) is 0.429. The quantitative estimate of drug-likeness (QED) is 0.771. The van der Waals surface area contributed by atoms with Gasteiger partial charge in [-0.3, -0.25) is 0 Å².